The van der Waals surface area contributed by atoms with Gasteiger partial charge in [-0.3, -0.25) is 4.98 Å². The predicted octanol–water partition coefficient (Wildman–Crippen LogP) is 4.16. The molecular formula is C17H31N3. The van der Waals surface area contributed by atoms with Crippen LogP contribution in [0.5, 0.6) is 0 Å². The zero-order chi connectivity index (χ0) is 14.8. The number of nitrogens with zero attached hydrogens (tertiary/aromatic N) is 2. The van der Waals surface area contributed by atoms with Crippen molar-refractivity contribution in [2.24, 2.45) is 0 Å². The minimum absolute atomic E-state index is 0.384. The molecule has 0 saturated heterocycles. The van der Waals surface area contributed by atoms with Gasteiger partial charge < -0.3 is 10.2 Å². The van der Waals surface area contributed by atoms with Gasteiger partial charge in [-0.25, -0.2) is 0 Å². The minimum Gasteiger partial charge on any atom is -0.370 e. The van der Waals surface area contributed by atoms with Crippen molar-refractivity contribution >= 4 is 5.69 Å². The summed E-state index contributed by atoms with van der Waals surface area (Å²) in [5.41, 5.74) is 2.42. The average molecular weight is 277 g/mol. The average Bonchev–Trinajstić information content (AvgIpc) is 2.48. The third kappa shape index (κ3) is 5.12. The normalized spacial score (nSPS) is 12.4. The fraction of sp³-hybridized carbons (Fsp3) is 0.706. The molecule has 3 heteroatoms. The number of hydrogen-bond donors (Lipinski definition) is 1. The van der Waals surface area contributed by atoms with E-state index >= 15 is 0 Å². The van der Waals surface area contributed by atoms with E-state index in [-0.39, 0.29) is 0 Å². The largest absolute Gasteiger partial charge is 0.370 e. The maximum absolute atomic E-state index is 4.68. The zero-order valence-electron chi connectivity index (χ0n) is 13.7. The molecule has 0 aliphatic carbocycles. The van der Waals surface area contributed by atoms with Gasteiger partial charge in [0.2, 0.25) is 0 Å². The lowest BCUT2D eigenvalue weighted by molar-refractivity contribution is 0.507. The Morgan fingerprint density at radius 3 is 2.20 bits per heavy atom. The van der Waals surface area contributed by atoms with Crippen molar-refractivity contribution in [1.29, 1.82) is 0 Å². The Hall–Kier alpha value is -1.09. The molecule has 1 aromatic rings. The highest BCUT2D eigenvalue weighted by molar-refractivity contribution is 5.44. The van der Waals surface area contributed by atoms with Gasteiger partial charge in [0.05, 0.1) is 17.6 Å². The predicted molar refractivity (Wildman–Crippen MR) is 88.4 cm³/mol. The Morgan fingerprint density at radius 2 is 1.75 bits per heavy atom. The molecule has 0 saturated carbocycles. The van der Waals surface area contributed by atoms with Crippen molar-refractivity contribution in [2.45, 2.75) is 59.4 Å². The van der Waals surface area contributed by atoms with Crippen molar-refractivity contribution in [2.75, 3.05) is 24.5 Å². The van der Waals surface area contributed by atoms with Crippen molar-refractivity contribution in [3.05, 3.63) is 24.0 Å². The molecule has 1 aromatic heterocycles. The molecule has 0 aliphatic rings. The first-order chi connectivity index (χ1) is 9.76. The van der Waals surface area contributed by atoms with E-state index in [2.05, 4.69) is 55.0 Å². The molecule has 1 atom stereocenters. The van der Waals surface area contributed by atoms with E-state index in [0.29, 0.717) is 6.04 Å². The van der Waals surface area contributed by atoms with Gasteiger partial charge in [-0.2, -0.15) is 0 Å². The Morgan fingerprint density at radius 1 is 1.05 bits per heavy atom. The number of aromatic nitrogens is 1. The molecule has 0 fully saturated rings. The molecule has 1 heterocycles. The van der Waals surface area contributed by atoms with Crippen LogP contribution in [0, 0.1) is 0 Å². The lowest BCUT2D eigenvalue weighted by Crippen LogP contribution is -2.26. The third-order valence-electron chi connectivity index (χ3n) is 3.53. The molecule has 114 valence electrons. The summed E-state index contributed by atoms with van der Waals surface area (Å²) in [6.45, 7) is 12.1. The van der Waals surface area contributed by atoms with Crippen LogP contribution in [0.1, 0.15) is 65.1 Å². The van der Waals surface area contributed by atoms with Crippen molar-refractivity contribution in [3.63, 3.8) is 0 Å². The molecule has 1 unspecified atom stereocenters. The zero-order valence-corrected chi connectivity index (χ0v) is 13.7. The fourth-order valence-corrected chi connectivity index (χ4v) is 2.48. The highest BCUT2D eigenvalue weighted by Crippen LogP contribution is 2.19. The maximum Gasteiger partial charge on any atom is 0.0574 e. The van der Waals surface area contributed by atoms with Crippen LogP contribution in [-0.2, 0) is 0 Å². The van der Waals surface area contributed by atoms with Crippen molar-refractivity contribution in [1.82, 2.24) is 10.3 Å². The van der Waals surface area contributed by atoms with Crippen LogP contribution in [0.4, 0.5) is 5.69 Å². The van der Waals surface area contributed by atoms with Crippen LogP contribution in [0.15, 0.2) is 18.3 Å². The van der Waals surface area contributed by atoms with E-state index in [9.17, 15) is 0 Å². The van der Waals surface area contributed by atoms with E-state index in [1.165, 1.54) is 18.5 Å². The SMILES string of the molecule is CCCNC(CC)c1ccc(N(CCC)CCC)cn1. The molecule has 0 aliphatic heterocycles. The first kappa shape index (κ1) is 17.0. The molecule has 0 bridgehead atoms. The summed E-state index contributed by atoms with van der Waals surface area (Å²) in [5, 5.41) is 3.56. The number of rotatable bonds is 10. The smallest absolute Gasteiger partial charge is 0.0574 e. The van der Waals surface area contributed by atoms with Crippen LogP contribution < -0.4 is 10.2 Å². The van der Waals surface area contributed by atoms with E-state index in [0.717, 1.165) is 38.2 Å². The lowest BCUT2D eigenvalue weighted by atomic mass is 10.1. The fourth-order valence-electron chi connectivity index (χ4n) is 2.48. The lowest BCUT2D eigenvalue weighted by Gasteiger charge is -2.24. The van der Waals surface area contributed by atoms with Gasteiger partial charge in [-0.05, 0) is 44.4 Å². The Bertz CT molecular complexity index is 342. The van der Waals surface area contributed by atoms with Gasteiger partial charge in [0.25, 0.3) is 0 Å². The highest BCUT2D eigenvalue weighted by Gasteiger charge is 2.11. The van der Waals surface area contributed by atoms with Gasteiger partial charge in [-0.15, -0.1) is 0 Å². The summed E-state index contributed by atoms with van der Waals surface area (Å²) in [5.74, 6) is 0. The van der Waals surface area contributed by atoms with Gasteiger partial charge >= 0.3 is 0 Å². The molecule has 3 nitrogen and oxygen atoms in total. The first-order valence-corrected chi connectivity index (χ1v) is 8.20. The van der Waals surface area contributed by atoms with Crippen LogP contribution >= 0.6 is 0 Å². The van der Waals surface area contributed by atoms with Crippen LogP contribution in [-0.4, -0.2) is 24.6 Å². The summed E-state index contributed by atoms with van der Waals surface area (Å²) in [6, 6.07) is 4.80. The molecule has 1 N–H and O–H groups in total. The van der Waals surface area contributed by atoms with Crippen molar-refractivity contribution in [3.8, 4) is 0 Å². The summed E-state index contributed by atoms with van der Waals surface area (Å²) in [7, 11) is 0. The van der Waals surface area contributed by atoms with Crippen molar-refractivity contribution < 1.29 is 0 Å². The molecule has 1 rings (SSSR count). The molecule has 0 radical (unpaired) electrons. The molecule has 0 amide bonds. The summed E-state index contributed by atoms with van der Waals surface area (Å²) in [6.07, 6.45) is 6.64. The highest BCUT2D eigenvalue weighted by atomic mass is 15.1. The summed E-state index contributed by atoms with van der Waals surface area (Å²) >= 11 is 0. The van der Waals surface area contributed by atoms with Gasteiger partial charge in [0.15, 0.2) is 0 Å². The standard InChI is InChI=1S/C17H31N3/c1-5-11-18-16(8-4)17-10-9-15(14-19-17)20(12-6-2)13-7-3/h9-10,14,16,18H,5-8,11-13H2,1-4H3. The number of hydrogen-bond acceptors (Lipinski definition) is 3. The van der Waals surface area contributed by atoms with Crippen LogP contribution in [0.25, 0.3) is 0 Å². The van der Waals surface area contributed by atoms with E-state index in [1.54, 1.807) is 0 Å². The van der Waals surface area contributed by atoms with Gasteiger partial charge in [0, 0.05) is 19.1 Å². The topological polar surface area (TPSA) is 28.2 Å². The second-order valence-corrected chi connectivity index (χ2v) is 5.34. The molecule has 20 heavy (non-hydrogen) atoms. The first-order valence-electron chi connectivity index (χ1n) is 8.20. The summed E-state index contributed by atoms with van der Waals surface area (Å²) in [4.78, 5) is 7.11. The minimum atomic E-state index is 0.384. The quantitative estimate of drug-likeness (QED) is 0.696. The monoisotopic (exact) mass is 277 g/mol. The maximum atomic E-state index is 4.68. The second-order valence-electron chi connectivity index (χ2n) is 5.34. The number of nitrogens with one attached hydrogen (secondary N) is 1. The third-order valence-corrected chi connectivity index (χ3v) is 3.53. The van der Waals surface area contributed by atoms with Gasteiger partial charge in [0.1, 0.15) is 0 Å². The van der Waals surface area contributed by atoms with Crippen LogP contribution in [0.2, 0.25) is 0 Å². The van der Waals surface area contributed by atoms with E-state index < -0.39 is 0 Å². The number of pyridine rings is 1. The van der Waals surface area contributed by atoms with E-state index in [4.69, 9.17) is 0 Å². The Kier molecular flexibility index (Phi) is 8.28. The molecular weight excluding hydrogens is 246 g/mol. The Labute approximate surface area is 124 Å². The summed E-state index contributed by atoms with van der Waals surface area (Å²) < 4.78 is 0. The second kappa shape index (κ2) is 9.76. The Balaban J connectivity index is 2.74. The van der Waals surface area contributed by atoms with Crippen LogP contribution in [0.3, 0.4) is 0 Å². The number of anilines is 1. The van der Waals surface area contributed by atoms with Gasteiger partial charge in [-0.1, -0.05) is 27.7 Å². The molecule has 0 aromatic carbocycles. The van der Waals surface area contributed by atoms with E-state index in [1.807, 2.05) is 6.20 Å². The molecule has 0 spiro atoms.